The van der Waals surface area contributed by atoms with Gasteiger partial charge in [-0.25, -0.2) is 0 Å². The number of hydrogen-bond acceptors (Lipinski definition) is 1. The molecule has 0 aliphatic carbocycles. The predicted octanol–water partition coefficient (Wildman–Crippen LogP) is 3.80. The molecule has 1 amide bonds. The summed E-state index contributed by atoms with van der Waals surface area (Å²) in [5.41, 5.74) is 0.378. The van der Waals surface area contributed by atoms with Crippen LogP contribution in [0.4, 0.5) is 18.9 Å². The van der Waals surface area contributed by atoms with Crippen molar-refractivity contribution in [2.24, 2.45) is 0 Å². The van der Waals surface area contributed by atoms with E-state index in [2.05, 4.69) is 0 Å². The van der Waals surface area contributed by atoms with E-state index in [4.69, 9.17) is 23.2 Å². The van der Waals surface area contributed by atoms with Gasteiger partial charge < -0.3 is 5.32 Å². The van der Waals surface area contributed by atoms with E-state index in [-0.39, 0.29) is 15.7 Å². The van der Waals surface area contributed by atoms with Crippen molar-refractivity contribution in [3.8, 4) is 0 Å². The Kier molecular flexibility index (Phi) is 3.70. The van der Waals surface area contributed by atoms with Gasteiger partial charge >= 0.3 is 12.1 Å². The van der Waals surface area contributed by atoms with Gasteiger partial charge in [0.25, 0.3) is 0 Å². The third-order valence-corrected chi connectivity index (χ3v) is 2.50. The van der Waals surface area contributed by atoms with Crippen LogP contribution in [-0.2, 0) is 4.79 Å². The summed E-state index contributed by atoms with van der Waals surface area (Å²) >= 11 is 11.3. The fourth-order valence-electron chi connectivity index (χ4n) is 0.974. The Morgan fingerprint density at radius 1 is 1.25 bits per heavy atom. The van der Waals surface area contributed by atoms with Gasteiger partial charge in [0.15, 0.2) is 0 Å². The van der Waals surface area contributed by atoms with Gasteiger partial charge in [-0.15, -0.1) is 0 Å². The Morgan fingerprint density at radius 2 is 1.75 bits per heavy atom. The zero-order valence-corrected chi connectivity index (χ0v) is 9.46. The monoisotopic (exact) mass is 271 g/mol. The highest BCUT2D eigenvalue weighted by Crippen LogP contribution is 2.29. The average Bonchev–Trinajstić information content (AvgIpc) is 2.12. The van der Waals surface area contributed by atoms with Crippen LogP contribution < -0.4 is 5.32 Å². The minimum Gasteiger partial charge on any atom is -0.318 e. The van der Waals surface area contributed by atoms with Gasteiger partial charge in [0, 0.05) is 5.69 Å². The lowest BCUT2D eigenvalue weighted by molar-refractivity contribution is -0.167. The van der Waals surface area contributed by atoms with Crippen molar-refractivity contribution < 1.29 is 18.0 Å². The Labute approximate surface area is 99.3 Å². The van der Waals surface area contributed by atoms with E-state index in [0.717, 1.165) is 0 Å². The second-order valence-corrected chi connectivity index (χ2v) is 3.85. The molecule has 16 heavy (non-hydrogen) atoms. The van der Waals surface area contributed by atoms with Crippen LogP contribution in [0.25, 0.3) is 0 Å². The molecule has 0 radical (unpaired) electrons. The number of halogens is 5. The topological polar surface area (TPSA) is 29.1 Å². The highest BCUT2D eigenvalue weighted by atomic mass is 35.5. The average molecular weight is 272 g/mol. The molecule has 0 aliphatic heterocycles. The molecule has 0 aliphatic rings. The van der Waals surface area contributed by atoms with Gasteiger partial charge in [-0.05, 0) is 24.6 Å². The molecular weight excluding hydrogens is 266 g/mol. The summed E-state index contributed by atoms with van der Waals surface area (Å²) in [7, 11) is 0. The Bertz CT molecular complexity index is 431. The number of anilines is 1. The molecule has 0 spiro atoms. The van der Waals surface area contributed by atoms with Crippen LogP contribution in [0, 0.1) is 6.92 Å². The first-order chi connectivity index (χ1) is 7.21. The van der Waals surface area contributed by atoms with Crippen LogP contribution in [0.3, 0.4) is 0 Å². The largest absolute Gasteiger partial charge is 0.471 e. The highest BCUT2D eigenvalue weighted by molar-refractivity contribution is 6.42. The first-order valence-corrected chi connectivity index (χ1v) is 4.81. The number of carbonyl (C=O) groups excluding carboxylic acids is 1. The number of benzene rings is 1. The molecule has 1 rings (SSSR count). The predicted molar refractivity (Wildman–Crippen MR) is 55.9 cm³/mol. The van der Waals surface area contributed by atoms with Crippen LogP contribution in [0.2, 0.25) is 10.0 Å². The molecule has 0 saturated heterocycles. The number of hydrogen-bond donors (Lipinski definition) is 1. The molecule has 0 bridgehead atoms. The summed E-state index contributed by atoms with van der Waals surface area (Å²) in [6, 6.07) is 2.54. The van der Waals surface area contributed by atoms with Crippen LogP contribution in [0.1, 0.15) is 5.56 Å². The number of amides is 1. The van der Waals surface area contributed by atoms with Gasteiger partial charge in [0.2, 0.25) is 0 Å². The van der Waals surface area contributed by atoms with Crippen molar-refractivity contribution >= 4 is 34.8 Å². The summed E-state index contributed by atoms with van der Waals surface area (Å²) in [6.07, 6.45) is -4.93. The Morgan fingerprint density at radius 3 is 2.25 bits per heavy atom. The molecule has 1 aromatic rings. The van der Waals surface area contributed by atoms with E-state index in [1.165, 1.54) is 19.1 Å². The number of alkyl halides is 3. The molecule has 0 heterocycles. The maximum Gasteiger partial charge on any atom is 0.471 e. The number of carbonyl (C=O) groups is 1. The van der Waals surface area contributed by atoms with Crippen molar-refractivity contribution in [1.29, 1.82) is 0 Å². The van der Waals surface area contributed by atoms with Crippen molar-refractivity contribution in [3.63, 3.8) is 0 Å². The molecule has 1 N–H and O–H groups in total. The second-order valence-electron chi connectivity index (χ2n) is 3.03. The summed E-state index contributed by atoms with van der Waals surface area (Å²) in [4.78, 5) is 10.7. The summed E-state index contributed by atoms with van der Waals surface area (Å²) in [5.74, 6) is -2.05. The molecule has 0 atom stereocenters. The van der Waals surface area contributed by atoms with Crippen LogP contribution in [0.15, 0.2) is 12.1 Å². The molecule has 2 nitrogen and oxygen atoms in total. The van der Waals surface area contributed by atoms with Gasteiger partial charge in [-0.2, -0.15) is 13.2 Å². The van der Waals surface area contributed by atoms with Crippen molar-refractivity contribution in [1.82, 2.24) is 0 Å². The van der Waals surface area contributed by atoms with E-state index in [9.17, 15) is 18.0 Å². The number of nitrogens with one attached hydrogen (secondary N) is 1. The number of rotatable bonds is 1. The van der Waals surface area contributed by atoms with E-state index >= 15 is 0 Å². The Balaban J connectivity index is 2.99. The SMILES string of the molecule is Cc1cc(Cl)c(Cl)cc1NC(=O)C(F)(F)F. The maximum atomic E-state index is 12.0. The summed E-state index contributed by atoms with van der Waals surface area (Å²) in [6.45, 7) is 1.51. The fraction of sp³-hybridized carbons (Fsp3) is 0.222. The summed E-state index contributed by atoms with van der Waals surface area (Å²) < 4.78 is 35.9. The van der Waals surface area contributed by atoms with Crippen LogP contribution >= 0.6 is 23.2 Å². The van der Waals surface area contributed by atoms with Gasteiger partial charge in [0.05, 0.1) is 10.0 Å². The lowest BCUT2D eigenvalue weighted by Crippen LogP contribution is -2.30. The highest BCUT2D eigenvalue weighted by Gasteiger charge is 2.38. The molecule has 0 unspecified atom stereocenters. The maximum absolute atomic E-state index is 12.0. The van der Waals surface area contributed by atoms with Crippen LogP contribution in [0.5, 0.6) is 0 Å². The van der Waals surface area contributed by atoms with Crippen molar-refractivity contribution in [2.45, 2.75) is 13.1 Å². The lowest BCUT2D eigenvalue weighted by atomic mass is 10.2. The smallest absolute Gasteiger partial charge is 0.318 e. The molecule has 0 saturated carbocycles. The third kappa shape index (κ3) is 3.02. The van der Waals surface area contributed by atoms with Gasteiger partial charge in [-0.1, -0.05) is 23.2 Å². The van der Waals surface area contributed by atoms with E-state index in [1.54, 1.807) is 5.32 Å². The second kappa shape index (κ2) is 4.51. The standard InChI is InChI=1S/C9H6Cl2F3NO/c1-4-2-5(10)6(11)3-7(4)15-8(16)9(12,13)14/h2-3H,1H3,(H,15,16). The van der Waals surface area contributed by atoms with Crippen LogP contribution in [-0.4, -0.2) is 12.1 Å². The van der Waals surface area contributed by atoms with Crippen molar-refractivity contribution in [2.75, 3.05) is 5.32 Å². The molecule has 0 fully saturated rings. The molecule has 7 heteroatoms. The summed E-state index contributed by atoms with van der Waals surface area (Å²) in [5, 5.41) is 2.00. The molecule has 0 aromatic heterocycles. The molecular formula is C9H6Cl2F3NO. The quantitative estimate of drug-likeness (QED) is 0.827. The third-order valence-electron chi connectivity index (χ3n) is 1.77. The minimum absolute atomic E-state index is 0.0169. The first kappa shape index (κ1) is 13.1. The molecule has 1 aromatic carbocycles. The first-order valence-electron chi connectivity index (χ1n) is 4.05. The zero-order valence-electron chi connectivity index (χ0n) is 7.95. The van der Waals surface area contributed by atoms with E-state index in [0.29, 0.717) is 5.56 Å². The fourth-order valence-corrected chi connectivity index (χ4v) is 1.36. The minimum atomic E-state index is -4.93. The molecule has 88 valence electrons. The van der Waals surface area contributed by atoms with E-state index in [1.807, 2.05) is 0 Å². The van der Waals surface area contributed by atoms with Gasteiger partial charge in [-0.3, -0.25) is 4.79 Å². The normalized spacial score (nSPS) is 11.4. The van der Waals surface area contributed by atoms with Gasteiger partial charge in [0.1, 0.15) is 0 Å². The number of aryl methyl sites for hydroxylation is 1. The van der Waals surface area contributed by atoms with Crippen molar-refractivity contribution in [3.05, 3.63) is 27.7 Å². The Hall–Kier alpha value is -0.940. The zero-order chi connectivity index (χ0) is 12.5. The van der Waals surface area contributed by atoms with E-state index < -0.39 is 12.1 Å². The lowest BCUT2D eigenvalue weighted by Gasteiger charge is -2.11.